The predicted molar refractivity (Wildman–Crippen MR) is 65.3 cm³/mol. The lowest BCUT2D eigenvalue weighted by Gasteiger charge is -2.01. The standard InChI is InChI=1S/C12H13NO5/c1-3-18-12(14)5-4-9-6-10(13(15)16)8-11(7-9)17-2/h4-8H,3H2,1-2H3. The van der Waals surface area contributed by atoms with Crippen LogP contribution in [0.1, 0.15) is 12.5 Å². The second-order valence-corrected chi connectivity index (χ2v) is 3.31. The summed E-state index contributed by atoms with van der Waals surface area (Å²) in [5, 5.41) is 10.7. The molecule has 0 atom stereocenters. The van der Waals surface area contributed by atoms with Gasteiger partial charge in [0.05, 0.1) is 24.7 Å². The number of rotatable bonds is 5. The van der Waals surface area contributed by atoms with Crippen LogP contribution in [0.15, 0.2) is 24.3 Å². The van der Waals surface area contributed by atoms with Gasteiger partial charge in [0.2, 0.25) is 0 Å². The molecule has 96 valence electrons. The minimum atomic E-state index is -0.524. The largest absolute Gasteiger partial charge is 0.496 e. The van der Waals surface area contributed by atoms with Gasteiger partial charge in [0, 0.05) is 12.1 Å². The predicted octanol–water partition coefficient (Wildman–Crippen LogP) is 2.18. The number of ether oxygens (including phenoxy) is 2. The first-order valence-corrected chi connectivity index (χ1v) is 5.25. The van der Waals surface area contributed by atoms with E-state index in [2.05, 4.69) is 0 Å². The van der Waals surface area contributed by atoms with Crippen molar-refractivity contribution in [2.24, 2.45) is 0 Å². The van der Waals surface area contributed by atoms with E-state index in [1.54, 1.807) is 13.0 Å². The van der Waals surface area contributed by atoms with Gasteiger partial charge in [-0.25, -0.2) is 4.79 Å². The Kier molecular flexibility index (Phi) is 4.86. The normalized spacial score (nSPS) is 10.3. The van der Waals surface area contributed by atoms with Crippen LogP contribution in [0.3, 0.4) is 0 Å². The average Bonchev–Trinajstić information content (AvgIpc) is 2.36. The van der Waals surface area contributed by atoms with Crippen LogP contribution in [0, 0.1) is 10.1 Å². The molecule has 0 spiro atoms. The lowest BCUT2D eigenvalue weighted by Crippen LogP contribution is -1.98. The highest BCUT2D eigenvalue weighted by Gasteiger charge is 2.09. The van der Waals surface area contributed by atoms with Crippen molar-refractivity contribution in [1.82, 2.24) is 0 Å². The number of hydrogen-bond donors (Lipinski definition) is 0. The minimum Gasteiger partial charge on any atom is -0.496 e. The van der Waals surface area contributed by atoms with Crippen LogP contribution in [-0.2, 0) is 9.53 Å². The first-order chi connectivity index (χ1) is 8.56. The Labute approximate surface area is 104 Å². The third-order valence-corrected chi connectivity index (χ3v) is 2.06. The van der Waals surface area contributed by atoms with Crippen molar-refractivity contribution in [2.75, 3.05) is 13.7 Å². The van der Waals surface area contributed by atoms with Crippen molar-refractivity contribution < 1.29 is 19.2 Å². The Morgan fingerprint density at radius 3 is 2.72 bits per heavy atom. The molecule has 0 amide bonds. The molecule has 0 aliphatic rings. The molecule has 0 aliphatic heterocycles. The molecule has 0 bridgehead atoms. The van der Waals surface area contributed by atoms with Gasteiger partial charge in [-0.3, -0.25) is 10.1 Å². The molecule has 1 aromatic rings. The number of nitro benzene ring substituents is 1. The Morgan fingerprint density at radius 2 is 2.17 bits per heavy atom. The van der Waals surface area contributed by atoms with E-state index in [1.807, 2.05) is 0 Å². The molecule has 0 aromatic heterocycles. The molecule has 1 aromatic carbocycles. The zero-order valence-electron chi connectivity index (χ0n) is 10.1. The number of carbonyl (C=O) groups is 1. The number of benzene rings is 1. The maximum atomic E-state index is 11.1. The van der Waals surface area contributed by atoms with E-state index < -0.39 is 10.9 Å². The molecule has 6 nitrogen and oxygen atoms in total. The quantitative estimate of drug-likeness (QED) is 0.347. The van der Waals surface area contributed by atoms with Crippen molar-refractivity contribution in [2.45, 2.75) is 6.92 Å². The van der Waals surface area contributed by atoms with Crippen LogP contribution < -0.4 is 4.74 Å². The van der Waals surface area contributed by atoms with Gasteiger partial charge in [0.1, 0.15) is 5.75 Å². The maximum Gasteiger partial charge on any atom is 0.330 e. The van der Waals surface area contributed by atoms with Gasteiger partial charge in [0.25, 0.3) is 5.69 Å². The van der Waals surface area contributed by atoms with Gasteiger partial charge in [-0.15, -0.1) is 0 Å². The molecule has 0 saturated heterocycles. The van der Waals surface area contributed by atoms with Crippen LogP contribution in [0.2, 0.25) is 0 Å². The summed E-state index contributed by atoms with van der Waals surface area (Å²) in [5.41, 5.74) is 0.395. The summed E-state index contributed by atoms with van der Waals surface area (Å²) in [5.74, 6) is -0.143. The number of nitro groups is 1. The van der Waals surface area contributed by atoms with Crippen molar-refractivity contribution >= 4 is 17.7 Å². The first-order valence-electron chi connectivity index (χ1n) is 5.25. The topological polar surface area (TPSA) is 78.7 Å². The fraction of sp³-hybridized carbons (Fsp3) is 0.250. The molecule has 0 unspecified atom stereocenters. The number of methoxy groups -OCH3 is 1. The first kappa shape index (κ1) is 13.7. The molecule has 0 N–H and O–H groups in total. The maximum absolute atomic E-state index is 11.1. The second-order valence-electron chi connectivity index (χ2n) is 3.31. The molecule has 0 fully saturated rings. The van der Waals surface area contributed by atoms with Gasteiger partial charge in [-0.05, 0) is 24.6 Å². The van der Waals surface area contributed by atoms with Crippen molar-refractivity contribution in [1.29, 1.82) is 0 Å². The van der Waals surface area contributed by atoms with Gasteiger partial charge in [0.15, 0.2) is 0 Å². The summed E-state index contributed by atoms with van der Waals surface area (Å²) in [6.07, 6.45) is 2.65. The summed E-state index contributed by atoms with van der Waals surface area (Å²) in [6, 6.07) is 4.24. The van der Waals surface area contributed by atoms with E-state index in [4.69, 9.17) is 9.47 Å². The van der Waals surface area contributed by atoms with E-state index in [9.17, 15) is 14.9 Å². The molecule has 0 heterocycles. The number of hydrogen-bond acceptors (Lipinski definition) is 5. The fourth-order valence-electron chi connectivity index (χ4n) is 1.28. The van der Waals surface area contributed by atoms with Gasteiger partial charge < -0.3 is 9.47 Å². The molecule has 0 radical (unpaired) electrons. The van der Waals surface area contributed by atoms with Gasteiger partial charge in [-0.1, -0.05) is 0 Å². The van der Waals surface area contributed by atoms with Crippen LogP contribution in [0.4, 0.5) is 5.69 Å². The Balaban J connectivity index is 2.98. The van der Waals surface area contributed by atoms with E-state index in [-0.39, 0.29) is 12.3 Å². The highest BCUT2D eigenvalue weighted by Crippen LogP contribution is 2.23. The second kappa shape index (κ2) is 6.39. The Morgan fingerprint density at radius 1 is 1.44 bits per heavy atom. The molecule has 0 saturated carbocycles. The van der Waals surface area contributed by atoms with E-state index in [0.29, 0.717) is 11.3 Å². The Hall–Kier alpha value is -2.37. The van der Waals surface area contributed by atoms with Crippen LogP contribution in [-0.4, -0.2) is 24.6 Å². The zero-order chi connectivity index (χ0) is 13.5. The molecule has 1 rings (SSSR count). The van der Waals surface area contributed by atoms with Gasteiger partial charge >= 0.3 is 5.97 Å². The monoisotopic (exact) mass is 251 g/mol. The van der Waals surface area contributed by atoms with E-state index in [0.717, 1.165) is 0 Å². The summed E-state index contributed by atoms with van der Waals surface area (Å²) in [4.78, 5) is 21.3. The van der Waals surface area contributed by atoms with Crippen molar-refractivity contribution in [3.05, 3.63) is 40.0 Å². The lowest BCUT2D eigenvalue weighted by molar-refractivity contribution is -0.384. The molecule has 0 aliphatic carbocycles. The van der Waals surface area contributed by atoms with E-state index in [1.165, 1.54) is 31.4 Å². The van der Waals surface area contributed by atoms with Crippen molar-refractivity contribution in [3.63, 3.8) is 0 Å². The highest BCUT2D eigenvalue weighted by molar-refractivity contribution is 5.87. The summed E-state index contributed by atoms with van der Waals surface area (Å²) in [7, 11) is 1.41. The van der Waals surface area contributed by atoms with Crippen LogP contribution in [0.5, 0.6) is 5.75 Å². The molecule has 6 heteroatoms. The summed E-state index contributed by atoms with van der Waals surface area (Å²) >= 11 is 0. The molecule has 18 heavy (non-hydrogen) atoms. The number of nitrogens with zero attached hydrogens (tertiary/aromatic N) is 1. The third-order valence-electron chi connectivity index (χ3n) is 2.06. The number of non-ortho nitro benzene ring substituents is 1. The lowest BCUT2D eigenvalue weighted by atomic mass is 10.1. The fourth-order valence-corrected chi connectivity index (χ4v) is 1.28. The van der Waals surface area contributed by atoms with Gasteiger partial charge in [-0.2, -0.15) is 0 Å². The third kappa shape index (κ3) is 3.89. The molecular formula is C12H13NO5. The number of esters is 1. The summed E-state index contributed by atoms with van der Waals surface area (Å²) < 4.78 is 9.65. The summed E-state index contributed by atoms with van der Waals surface area (Å²) in [6.45, 7) is 1.98. The zero-order valence-corrected chi connectivity index (χ0v) is 10.1. The average molecular weight is 251 g/mol. The highest BCUT2D eigenvalue weighted by atomic mass is 16.6. The Bertz CT molecular complexity index is 481. The molecular weight excluding hydrogens is 238 g/mol. The van der Waals surface area contributed by atoms with Crippen LogP contribution in [0.25, 0.3) is 6.08 Å². The number of carbonyl (C=O) groups excluding carboxylic acids is 1. The smallest absolute Gasteiger partial charge is 0.330 e. The van der Waals surface area contributed by atoms with Crippen LogP contribution >= 0.6 is 0 Å². The minimum absolute atomic E-state index is 0.0992. The SMILES string of the molecule is CCOC(=O)C=Cc1cc(OC)cc([N+](=O)[O-])c1. The van der Waals surface area contributed by atoms with E-state index >= 15 is 0 Å². The van der Waals surface area contributed by atoms with Crippen molar-refractivity contribution in [3.8, 4) is 5.75 Å².